The first-order chi connectivity index (χ1) is 7.22. The van der Waals surface area contributed by atoms with Gasteiger partial charge in [0.05, 0.1) is 11.0 Å². The summed E-state index contributed by atoms with van der Waals surface area (Å²) in [5.41, 5.74) is 7.22. The molecule has 2 rings (SSSR count). The van der Waals surface area contributed by atoms with Crippen LogP contribution in [-0.4, -0.2) is 22.5 Å². The summed E-state index contributed by atoms with van der Waals surface area (Å²) in [6.07, 6.45) is 2.15. The van der Waals surface area contributed by atoms with E-state index in [0.717, 1.165) is 25.9 Å². The molecule has 1 unspecified atom stereocenters. The Morgan fingerprint density at radius 3 is 3.20 bits per heavy atom. The van der Waals surface area contributed by atoms with Crippen molar-refractivity contribution in [1.82, 2.24) is 4.90 Å². The Kier molecular flexibility index (Phi) is 3.38. The molecule has 1 aliphatic heterocycles. The van der Waals surface area contributed by atoms with Gasteiger partial charge >= 0.3 is 0 Å². The third-order valence-corrected chi connectivity index (χ3v) is 4.29. The fourth-order valence-corrected chi connectivity index (χ4v) is 3.38. The maximum Gasteiger partial charge on any atom is 0.0902 e. The zero-order valence-electron chi connectivity index (χ0n) is 8.90. The van der Waals surface area contributed by atoms with Crippen molar-refractivity contribution in [3.8, 4) is 0 Å². The van der Waals surface area contributed by atoms with Gasteiger partial charge in [0, 0.05) is 18.0 Å². The first kappa shape index (κ1) is 11.0. The highest BCUT2D eigenvalue weighted by atomic mass is 32.1. The van der Waals surface area contributed by atoms with Crippen molar-refractivity contribution in [1.29, 1.82) is 0 Å². The standard InChI is InChI=1S/C11H16N2S2/c1-2-9(11(12)14)13-5-3-10-8(7-13)4-6-15-10/h4,6,9H,2-3,5,7H2,1H3,(H2,12,14). The molecule has 2 heterocycles. The van der Waals surface area contributed by atoms with Gasteiger partial charge in [0.25, 0.3) is 0 Å². The molecule has 1 aliphatic rings. The van der Waals surface area contributed by atoms with Gasteiger partial charge in [0.2, 0.25) is 0 Å². The van der Waals surface area contributed by atoms with Crippen molar-refractivity contribution in [3.05, 3.63) is 21.9 Å². The molecule has 0 radical (unpaired) electrons. The predicted octanol–water partition coefficient (Wildman–Crippen LogP) is 2.17. The molecule has 1 atom stereocenters. The Bertz CT molecular complexity index is 359. The van der Waals surface area contributed by atoms with Gasteiger partial charge < -0.3 is 5.73 Å². The molecule has 0 fully saturated rings. The molecule has 4 heteroatoms. The Morgan fingerprint density at radius 1 is 1.73 bits per heavy atom. The summed E-state index contributed by atoms with van der Waals surface area (Å²) in [5.74, 6) is 0. The van der Waals surface area contributed by atoms with Crippen molar-refractivity contribution in [2.24, 2.45) is 5.73 Å². The van der Waals surface area contributed by atoms with E-state index in [4.69, 9.17) is 18.0 Å². The molecule has 2 nitrogen and oxygen atoms in total. The van der Waals surface area contributed by atoms with E-state index in [2.05, 4.69) is 23.3 Å². The summed E-state index contributed by atoms with van der Waals surface area (Å²) in [4.78, 5) is 4.57. The van der Waals surface area contributed by atoms with Crippen molar-refractivity contribution in [2.45, 2.75) is 32.4 Å². The van der Waals surface area contributed by atoms with Crippen LogP contribution in [0, 0.1) is 0 Å². The number of rotatable bonds is 3. The largest absolute Gasteiger partial charge is 0.392 e. The molecular formula is C11H16N2S2. The zero-order valence-corrected chi connectivity index (χ0v) is 10.5. The lowest BCUT2D eigenvalue weighted by molar-refractivity contribution is 0.220. The topological polar surface area (TPSA) is 29.3 Å². The minimum atomic E-state index is 0.271. The Morgan fingerprint density at radius 2 is 2.53 bits per heavy atom. The van der Waals surface area contributed by atoms with Crippen molar-refractivity contribution >= 4 is 28.5 Å². The van der Waals surface area contributed by atoms with Crippen LogP contribution in [0.15, 0.2) is 11.4 Å². The van der Waals surface area contributed by atoms with Crippen molar-refractivity contribution in [2.75, 3.05) is 6.54 Å². The van der Waals surface area contributed by atoms with Gasteiger partial charge in [0.15, 0.2) is 0 Å². The van der Waals surface area contributed by atoms with Crippen LogP contribution in [0.5, 0.6) is 0 Å². The highest BCUT2D eigenvalue weighted by Gasteiger charge is 2.24. The third-order valence-electron chi connectivity index (χ3n) is 2.99. The normalized spacial score (nSPS) is 18.5. The second kappa shape index (κ2) is 4.60. The number of hydrogen-bond donors (Lipinski definition) is 1. The molecule has 0 aromatic carbocycles. The van der Waals surface area contributed by atoms with E-state index >= 15 is 0 Å². The van der Waals surface area contributed by atoms with Crippen LogP contribution in [0.2, 0.25) is 0 Å². The van der Waals surface area contributed by atoms with E-state index in [-0.39, 0.29) is 6.04 Å². The molecule has 1 aromatic heterocycles. The fourth-order valence-electron chi connectivity index (χ4n) is 2.18. The van der Waals surface area contributed by atoms with Crippen LogP contribution < -0.4 is 5.73 Å². The first-order valence-corrected chi connectivity index (χ1v) is 6.59. The van der Waals surface area contributed by atoms with E-state index in [1.807, 2.05) is 11.3 Å². The highest BCUT2D eigenvalue weighted by Crippen LogP contribution is 2.25. The van der Waals surface area contributed by atoms with Gasteiger partial charge in [-0.1, -0.05) is 19.1 Å². The summed E-state index contributed by atoms with van der Waals surface area (Å²) < 4.78 is 0. The van der Waals surface area contributed by atoms with Gasteiger partial charge in [-0.3, -0.25) is 4.90 Å². The van der Waals surface area contributed by atoms with Gasteiger partial charge in [0.1, 0.15) is 0 Å². The summed E-state index contributed by atoms with van der Waals surface area (Å²) in [6, 6.07) is 2.49. The molecule has 82 valence electrons. The molecule has 0 saturated carbocycles. The minimum absolute atomic E-state index is 0.271. The van der Waals surface area contributed by atoms with Crippen LogP contribution in [-0.2, 0) is 13.0 Å². The molecule has 1 aromatic rings. The Labute approximate surface area is 100 Å². The van der Waals surface area contributed by atoms with Crippen molar-refractivity contribution in [3.63, 3.8) is 0 Å². The summed E-state index contributed by atoms with van der Waals surface area (Å²) >= 11 is 6.98. The minimum Gasteiger partial charge on any atom is -0.392 e. The van der Waals surface area contributed by atoms with Crippen LogP contribution in [0.1, 0.15) is 23.8 Å². The monoisotopic (exact) mass is 240 g/mol. The second-order valence-corrected chi connectivity index (χ2v) is 5.39. The van der Waals surface area contributed by atoms with Gasteiger partial charge in [-0.15, -0.1) is 11.3 Å². The number of thiophene rings is 1. The molecule has 0 bridgehead atoms. The van der Waals surface area contributed by atoms with E-state index in [1.165, 1.54) is 10.4 Å². The predicted molar refractivity (Wildman–Crippen MR) is 69.3 cm³/mol. The molecule has 2 N–H and O–H groups in total. The van der Waals surface area contributed by atoms with Crippen LogP contribution >= 0.6 is 23.6 Å². The average molecular weight is 240 g/mol. The SMILES string of the molecule is CCC(C(N)=S)N1CCc2sccc2C1. The third kappa shape index (κ3) is 2.22. The van der Waals surface area contributed by atoms with E-state index in [9.17, 15) is 0 Å². The number of thiocarbonyl (C=S) groups is 1. The van der Waals surface area contributed by atoms with E-state index in [1.54, 1.807) is 0 Å². The summed E-state index contributed by atoms with van der Waals surface area (Å²) in [6.45, 7) is 4.24. The van der Waals surface area contributed by atoms with Gasteiger partial charge in [-0.25, -0.2) is 0 Å². The number of hydrogen-bond acceptors (Lipinski definition) is 3. The van der Waals surface area contributed by atoms with Crippen molar-refractivity contribution < 1.29 is 0 Å². The average Bonchev–Trinajstić information content (AvgIpc) is 2.65. The molecule has 0 aliphatic carbocycles. The van der Waals surface area contributed by atoms with E-state index < -0.39 is 0 Å². The maximum atomic E-state index is 5.77. The van der Waals surface area contributed by atoms with Gasteiger partial charge in [-0.05, 0) is 29.9 Å². The Balaban J connectivity index is 2.11. The number of nitrogens with two attached hydrogens (primary N) is 1. The molecule has 0 amide bonds. The molecule has 15 heavy (non-hydrogen) atoms. The molecule has 0 spiro atoms. The highest BCUT2D eigenvalue weighted by molar-refractivity contribution is 7.80. The zero-order chi connectivity index (χ0) is 10.8. The van der Waals surface area contributed by atoms with E-state index in [0.29, 0.717) is 4.99 Å². The Hall–Kier alpha value is -0.450. The smallest absolute Gasteiger partial charge is 0.0902 e. The lowest BCUT2D eigenvalue weighted by Crippen LogP contribution is -2.45. The molecule has 0 saturated heterocycles. The summed E-state index contributed by atoms with van der Waals surface area (Å²) in [7, 11) is 0. The number of fused-ring (bicyclic) bond motifs is 1. The van der Waals surface area contributed by atoms with Gasteiger partial charge in [-0.2, -0.15) is 0 Å². The molecular weight excluding hydrogens is 224 g/mol. The fraction of sp³-hybridized carbons (Fsp3) is 0.545. The number of nitrogens with zero attached hydrogens (tertiary/aromatic N) is 1. The van der Waals surface area contributed by atoms with Crippen LogP contribution in [0.25, 0.3) is 0 Å². The lowest BCUT2D eigenvalue weighted by atomic mass is 10.1. The second-order valence-electron chi connectivity index (χ2n) is 3.92. The van der Waals surface area contributed by atoms with Crippen LogP contribution in [0.4, 0.5) is 0 Å². The quantitative estimate of drug-likeness (QED) is 0.821. The van der Waals surface area contributed by atoms with Crippen LogP contribution in [0.3, 0.4) is 0 Å². The lowest BCUT2D eigenvalue weighted by Gasteiger charge is -2.33. The maximum absolute atomic E-state index is 5.77. The summed E-state index contributed by atoms with van der Waals surface area (Å²) in [5, 5.41) is 2.18. The first-order valence-electron chi connectivity index (χ1n) is 5.31.